The van der Waals surface area contributed by atoms with Crippen LogP contribution in [0.5, 0.6) is 0 Å². The molecule has 0 atom stereocenters. The molecule has 0 aliphatic carbocycles. The van der Waals surface area contributed by atoms with Crippen LogP contribution >= 0.6 is 0 Å². The number of nitriles is 1. The first-order chi connectivity index (χ1) is 8.67. The quantitative estimate of drug-likeness (QED) is 0.892. The van der Waals surface area contributed by atoms with Gasteiger partial charge in [0.25, 0.3) is 0 Å². The number of rotatable bonds is 3. The Morgan fingerprint density at radius 2 is 2.39 bits per heavy atom. The molecule has 0 radical (unpaired) electrons. The third kappa shape index (κ3) is 1.98. The molecule has 2 heterocycles. The highest BCUT2D eigenvalue weighted by molar-refractivity contribution is 5.55. The normalized spacial score (nSPS) is 10.0. The Morgan fingerprint density at radius 3 is 3.00 bits per heavy atom. The first kappa shape index (κ1) is 11.9. The van der Waals surface area contributed by atoms with Crippen molar-refractivity contribution in [3.63, 3.8) is 0 Å². The molecule has 0 aliphatic heterocycles. The zero-order chi connectivity index (χ0) is 13.1. The molecule has 2 rings (SSSR count). The zero-order valence-corrected chi connectivity index (χ0v) is 10.2. The molecule has 0 aliphatic rings. The van der Waals surface area contributed by atoms with E-state index < -0.39 is 0 Å². The summed E-state index contributed by atoms with van der Waals surface area (Å²) in [6.07, 6.45) is 5.23. The molecule has 0 fully saturated rings. The maximum atomic E-state index is 9.04. The summed E-state index contributed by atoms with van der Waals surface area (Å²) in [5.41, 5.74) is 9.29. The predicted molar refractivity (Wildman–Crippen MR) is 71.7 cm³/mol. The van der Waals surface area contributed by atoms with Gasteiger partial charge in [-0.1, -0.05) is 12.6 Å². The molecule has 0 unspecified atom stereocenters. The Labute approximate surface area is 106 Å². The van der Waals surface area contributed by atoms with Crippen molar-refractivity contribution in [2.45, 2.75) is 13.5 Å². The Morgan fingerprint density at radius 1 is 1.61 bits per heavy atom. The van der Waals surface area contributed by atoms with Gasteiger partial charge in [0.15, 0.2) is 0 Å². The fraction of sp³-hybridized carbons (Fsp3) is 0.143. The van der Waals surface area contributed by atoms with Gasteiger partial charge in [-0.05, 0) is 24.6 Å². The molecule has 0 saturated heterocycles. The lowest BCUT2D eigenvalue weighted by molar-refractivity contribution is 0.793. The van der Waals surface area contributed by atoms with Crippen molar-refractivity contribution in [1.82, 2.24) is 9.55 Å². The van der Waals surface area contributed by atoms with Gasteiger partial charge in [0.05, 0.1) is 12.1 Å². The van der Waals surface area contributed by atoms with E-state index in [9.17, 15) is 0 Å². The van der Waals surface area contributed by atoms with E-state index in [1.165, 1.54) is 0 Å². The summed E-state index contributed by atoms with van der Waals surface area (Å²) in [6, 6.07) is 5.95. The SMILES string of the molecule is C=Cc1c(C)c(C#N)cn1Cc1cccnc1N. The van der Waals surface area contributed by atoms with Crippen LogP contribution in [0.2, 0.25) is 0 Å². The van der Waals surface area contributed by atoms with Crippen molar-refractivity contribution in [2.24, 2.45) is 0 Å². The second-order valence-corrected chi connectivity index (χ2v) is 4.04. The highest BCUT2D eigenvalue weighted by Gasteiger charge is 2.10. The van der Waals surface area contributed by atoms with Gasteiger partial charge in [-0.3, -0.25) is 0 Å². The lowest BCUT2D eigenvalue weighted by atomic mass is 10.2. The number of hydrogen-bond donors (Lipinski definition) is 1. The summed E-state index contributed by atoms with van der Waals surface area (Å²) >= 11 is 0. The van der Waals surface area contributed by atoms with Crippen LogP contribution in [0.25, 0.3) is 6.08 Å². The fourth-order valence-corrected chi connectivity index (χ4v) is 1.96. The number of anilines is 1. The molecule has 2 aromatic rings. The van der Waals surface area contributed by atoms with Crippen LogP contribution in [0.3, 0.4) is 0 Å². The number of hydrogen-bond acceptors (Lipinski definition) is 3. The van der Waals surface area contributed by atoms with Gasteiger partial charge < -0.3 is 10.3 Å². The lowest BCUT2D eigenvalue weighted by Gasteiger charge is -2.08. The number of pyridine rings is 1. The van der Waals surface area contributed by atoms with Crippen LogP contribution in [-0.4, -0.2) is 9.55 Å². The van der Waals surface area contributed by atoms with E-state index in [1.807, 2.05) is 29.8 Å². The third-order valence-corrected chi connectivity index (χ3v) is 2.96. The molecular weight excluding hydrogens is 224 g/mol. The molecule has 0 aromatic carbocycles. The summed E-state index contributed by atoms with van der Waals surface area (Å²) in [5, 5.41) is 9.04. The van der Waals surface area contributed by atoms with E-state index in [1.54, 1.807) is 12.3 Å². The first-order valence-corrected chi connectivity index (χ1v) is 5.59. The summed E-state index contributed by atoms with van der Waals surface area (Å²) in [6.45, 7) is 6.29. The van der Waals surface area contributed by atoms with Crippen LogP contribution in [0.4, 0.5) is 5.82 Å². The van der Waals surface area contributed by atoms with Gasteiger partial charge in [-0.15, -0.1) is 0 Å². The first-order valence-electron chi connectivity index (χ1n) is 5.59. The Kier molecular flexibility index (Phi) is 3.16. The summed E-state index contributed by atoms with van der Waals surface area (Å²) in [7, 11) is 0. The van der Waals surface area contributed by atoms with Crippen LogP contribution in [0.1, 0.15) is 22.4 Å². The second-order valence-electron chi connectivity index (χ2n) is 4.04. The van der Waals surface area contributed by atoms with E-state index in [4.69, 9.17) is 11.0 Å². The smallest absolute Gasteiger partial charge is 0.128 e. The monoisotopic (exact) mass is 238 g/mol. The molecule has 2 aromatic heterocycles. The standard InChI is InChI=1S/C14H14N4/c1-3-13-10(2)12(7-15)9-18(13)8-11-5-4-6-17-14(11)16/h3-6,9H,1,8H2,2H3,(H2,16,17). The third-order valence-electron chi connectivity index (χ3n) is 2.96. The average Bonchev–Trinajstić information content (AvgIpc) is 2.68. The second kappa shape index (κ2) is 4.76. The number of nitrogens with zero attached hydrogens (tertiary/aromatic N) is 3. The van der Waals surface area contributed by atoms with E-state index in [0.717, 1.165) is 16.8 Å². The van der Waals surface area contributed by atoms with E-state index in [-0.39, 0.29) is 0 Å². The maximum absolute atomic E-state index is 9.04. The molecule has 4 nitrogen and oxygen atoms in total. The molecule has 18 heavy (non-hydrogen) atoms. The molecule has 0 saturated carbocycles. The maximum Gasteiger partial charge on any atom is 0.128 e. The summed E-state index contributed by atoms with van der Waals surface area (Å²) in [4.78, 5) is 4.05. The highest BCUT2D eigenvalue weighted by atomic mass is 15.0. The van der Waals surface area contributed by atoms with Crippen LogP contribution in [-0.2, 0) is 6.54 Å². The largest absolute Gasteiger partial charge is 0.383 e. The Hall–Kier alpha value is -2.54. The Bertz CT molecular complexity index is 632. The number of aromatic nitrogens is 2. The van der Waals surface area contributed by atoms with Crippen molar-refractivity contribution in [3.8, 4) is 6.07 Å². The summed E-state index contributed by atoms with van der Waals surface area (Å²) < 4.78 is 1.97. The average molecular weight is 238 g/mol. The van der Waals surface area contributed by atoms with Crippen molar-refractivity contribution in [2.75, 3.05) is 5.73 Å². The molecule has 2 N–H and O–H groups in total. The molecule has 0 spiro atoms. The lowest BCUT2D eigenvalue weighted by Crippen LogP contribution is -2.04. The van der Waals surface area contributed by atoms with Crippen molar-refractivity contribution in [3.05, 3.63) is 53.5 Å². The minimum atomic E-state index is 0.511. The molecule has 90 valence electrons. The van der Waals surface area contributed by atoms with E-state index >= 15 is 0 Å². The van der Waals surface area contributed by atoms with Crippen LogP contribution in [0, 0.1) is 18.3 Å². The van der Waals surface area contributed by atoms with Crippen molar-refractivity contribution in [1.29, 1.82) is 5.26 Å². The topological polar surface area (TPSA) is 67.6 Å². The molecule has 0 amide bonds. The van der Waals surface area contributed by atoms with Crippen molar-refractivity contribution >= 4 is 11.9 Å². The highest BCUT2D eigenvalue weighted by Crippen LogP contribution is 2.19. The fourth-order valence-electron chi connectivity index (χ4n) is 1.96. The molecular formula is C14H14N4. The van der Waals surface area contributed by atoms with Gasteiger partial charge in [-0.25, -0.2) is 4.98 Å². The van der Waals surface area contributed by atoms with E-state index in [2.05, 4.69) is 17.6 Å². The summed E-state index contributed by atoms with van der Waals surface area (Å²) in [5.74, 6) is 0.511. The van der Waals surface area contributed by atoms with Crippen LogP contribution < -0.4 is 5.73 Å². The van der Waals surface area contributed by atoms with Crippen LogP contribution in [0.15, 0.2) is 31.1 Å². The van der Waals surface area contributed by atoms with Crippen molar-refractivity contribution < 1.29 is 0 Å². The predicted octanol–water partition coefficient (Wildman–Crippen LogP) is 2.34. The minimum absolute atomic E-state index is 0.511. The van der Waals surface area contributed by atoms with Gasteiger partial charge in [-0.2, -0.15) is 5.26 Å². The number of nitrogens with two attached hydrogens (primary N) is 1. The Balaban J connectivity index is 2.44. The molecule has 4 heteroatoms. The molecule has 0 bridgehead atoms. The van der Waals surface area contributed by atoms with Gasteiger partial charge in [0.2, 0.25) is 0 Å². The van der Waals surface area contributed by atoms with Gasteiger partial charge in [0.1, 0.15) is 11.9 Å². The zero-order valence-electron chi connectivity index (χ0n) is 10.2. The minimum Gasteiger partial charge on any atom is -0.383 e. The van der Waals surface area contributed by atoms with Gasteiger partial charge in [0, 0.05) is 23.7 Å². The number of nitrogen functional groups attached to an aromatic ring is 1. The van der Waals surface area contributed by atoms with Gasteiger partial charge >= 0.3 is 0 Å². The van der Waals surface area contributed by atoms with E-state index in [0.29, 0.717) is 17.9 Å².